The summed E-state index contributed by atoms with van der Waals surface area (Å²) >= 11 is 0. The number of halogens is 1. The third kappa shape index (κ3) is 2.69. The van der Waals surface area contributed by atoms with Crippen molar-refractivity contribution in [2.45, 2.75) is 31.8 Å². The van der Waals surface area contributed by atoms with Gasteiger partial charge in [0, 0.05) is 24.2 Å². The van der Waals surface area contributed by atoms with Crippen molar-refractivity contribution in [3.05, 3.63) is 77.2 Å². The molecular weight excluding hydrogens is 299 g/mol. The van der Waals surface area contributed by atoms with Gasteiger partial charge in [-0.1, -0.05) is 30.3 Å². The molecule has 1 aliphatic carbocycles. The molecule has 1 heterocycles. The molecule has 1 atom stereocenters. The molecular formula is C21H21FN2. The Morgan fingerprint density at radius 2 is 2.00 bits per heavy atom. The monoisotopic (exact) mass is 320 g/mol. The van der Waals surface area contributed by atoms with E-state index >= 15 is 0 Å². The molecule has 0 saturated carbocycles. The molecule has 3 aromatic rings. The normalized spacial score (nSPS) is 17.2. The molecule has 0 fully saturated rings. The van der Waals surface area contributed by atoms with Crippen molar-refractivity contribution in [1.82, 2.24) is 9.88 Å². The third-order valence-electron chi connectivity index (χ3n) is 5.09. The van der Waals surface area contributed by atoms with Crippen LogP contribution in [-0.4, -0.2) is 16.9 Å². The average molecular weight is 320 g/mol. The number of nitrogens with zero attached hydrogens (tertiary/aromatic N) is 2. The summed E-state index contributed by atoms with van der Waals surface area (Å²) in [7, 11) is 2.16. The molecule has 122 valence electrons. The Kier molecular flexibility index (Phi) is 4.03. The topological polar surface area (TPSA) is 16.1 Å². The molecule has 0 radical (unpaired) electrons. The second-order valence-electron chi connectivity index (χ2n) is 6.63. The molecule has 0 saturated heterocycles. The second kappa shape index (κ2) is 6.33. The van der Waals surface area contributed by atoms with Gasteiger partial charge in [-0.25, -0.2) is 4.39 Å². The van der Waals surface area contributed by atoms with Gasteiger partial charge in [-0.3, -0.25) is 9.88 Å². The number of hydrogen-bond acceptors (Lipinski definition) is 2. The van der Waals surface area contributed by atoms with E-state index < -0.39 is 0 Å². The van der Waals surface area contributed by atoms with Gasteiger partial charge in [-0.05, 0) is 61.2 Å². The molecule has 0 N–H and O–H groups in total. The van der Waals surface area contributed by atoms with E-state index in [1.54, 1.807) is 24.4 Å². The van der Waals surface area contributed by atoms with Crippen molar-refractivity contribution < 1.29 is 4.39 Å². The minimum Gasteiger partial charge on any atom is -0.295 e. The summed E-state index contributed by atoms with van der Waals surface area (Å²) < 4.78 is 14.0. The maximum absolute atomic E-state index is 14.0. The van der Waals surface area contributed by atoms with Crippen LogP contribution in [0.4, 0.5) is 4.39 Å². The van der Waals surface area contributed by atoms with Crippen molar-refractivity contribution in [1.29, 1.82) is 0 Å². The highest BCUT2D eigenvalue weighted by atomic mass is 19.1. The van der Waals surface area contributed by atoms with Crippen LogP contribution in [0.1, 0.15) is 35.6 Å². The molecule has 0 bridgehead atoms. The lowest BCUT2D eigenvalue weighted by molar-refractivity contribution is 0.214. The quantitative estimate of drug-likeness (QED) is 0.683. The number of aryl methyl sites for hydroxylation is 1. The standard InChI is InChI=1S/C21H21FN2/c1-24(20-10-4-7-15-6-2-3-8-17(15)20)14-16-11-12-19(22)18-9-5-13-23-21(16)18/h2-3,5-6,8-9,11-13,20H,4,7,10,14H2,1H3/t20-/m0/s1. The van der Waals surface area contributed by atoms with Crippen molar-refractivity contribution in [2.24, 2.45) is 0 Å². The maximum atomic E-state index is 14.0. The van der Waals surface area contributed by atoms with Crippen LogP contribution in [0.2, 0.25) is 0 Å². The molecule has 2 aromatic carbocycles. The summed E-state index contributed by atoms with van der Waals surface area (Å²) in [6.45, 7) is 0.771. The van der Waals surface area contributed by atoms with E-state index in [2.05, 4.69) is 41.2 Å². The zero-order chi connectivity index (χ0) is 16.5. The van der Waals surface area contributed by atoms with Crippen molar-refractivity contribution in [3.63, 3.8) is 0 Å². The molecule has 0 aliphatic heterocycles. The number of hydrogen-bond donors (Lipinski definition) is 0. The summed E-state index contributed by atoms with van der Waals surface area (Å²) in [4.78, 5) is 6.79. The zero-order valence-electron chi connectivity index (χ0n) is 13.9. The van der Waals surface area contributed by atoms with Gasteiger partial charge in [0.2, 0.25) is 0 Å². The number of fused-ring (bicyclic) bond motifs is 2. The van der Waals surface area contributed by atoms with Gasteiger partial charge < -0.3 is 0 Å². The number of benzene rings is 2. The highest BCUT2D eigenvalue weighted by molar-refractivity contribution is 5.82. The first-order valence-corrected chi connectivity index (χ1v) is 8.54. The molecule has 0 amide bonds. The van der Waals surface area contributed by atoms with Gasteiger partial charge in [0.15, 0.2) is 0 Å². The van der Waals surface area contributed by atoms with Gasteiger partial charge in [0.1, 0.15) is 5.82 Å². The Hall–Kier alpha value is -2.26. The van der Waals surface area contributed by atoms with Crippen LogP contribution < -0.4 is 0 Å². The minimum absolute atomic E-state index is 0.201. The SMILES string of the molecule is CN(Cc1ccc(F)c2cccnc12)[C@H]1CCCc2ccccc21. The molecule has 1 aromatic heterocycles. The molecule has 3 heteroatoms. The van der Waals surface area contributed by atoms with Crippen molar-refractivity contribution >= 4 is 10.9 Å². The van der Waals surface area contributed by atoms with Crippen LogP contribution >= 0.6 is 0 Å². The van der Waals surface area contributed by atoms with Crippen LogP contribution in [0.5, 0.6) is 0 Å². The highest BCUT2D eigenvalue weighted by Crippen LogP contribution is 2.34. The Labute approximate surface area is 141 Å². The third-order valence-corrected chi connectivity index (χ3v) is 5.09. The van der Waals surface area contributed by atoms with Crippen LogP contribution in [0.3, 0.4) is 0 Å². The van der Waals surface area contributed by atoms with E-state index in [1.165, 1.54) is 30.4 Å². The lowest BCUT2D eigenvalue weighted by Crippen LogP contribution is -2.27. The van der Waals surface area contributed by atoms with Crippen molar-refractivity contribution in [2.75, 3.05) is 7.05 Å². The largest absolute Gasteiger partial charge is 0.295 e. The Bertz CT molecular complexity index is 875. The molecule has 0 spiro atoms. The Balaban J connectivity index is 1.66. The van der Waals surface area contributed by atoms with E-state index in [0.717, 1.165) is 17.6 Å². The summed E-state index contributed by atoms with van der Waals surface area (Å²) in [5.74, 6) is -0.201. The van der Waals surface area contributed by atoms with Gasteiger partial charge in [0.25, 0.3) is 0 Å². The molecule has 0 unspecified atom stereocenters. The fourth-order valence-corrected chi connectivity index (χ4v) is 3.89. The van der Waals surface area contributed by atoms with E-state index in [0.29, 0.717) is 11.4 Å². The molecule has 24 heavy (non-hydrogen) atoms. The second-order valence-corrected chi connectivity index (χ2v) is 6.63. The van der Waals surface area contributed by atoms with Gasteiger partial charge in [-0.2, -0.15) is 0 Å². The van der Waals surface area contributed by atoms with E-state index in [-0.39, 0.29) is 5.82 Å². The molecule has 2 nitrogen and oxygen atoms in total. The van der Waals surface area contributed by atoms with Crippen molar-refractivity contribution in [3.8, 4) is 0 Å². The van der Waals surface area contributed by atoms with Gasteiger partial charge in [0.05, 0.1) is 5.52 Å². The smallest absolute Gasteiger partial charge is 0.132 e. The summed E-state index contributed by atoms with van der Waals surface area (Å²) in [6.07, 6.45) is 5.29. The predicted octanol–water partition coefficient (Wildman–Crippen LogP) is 4.88. The molecule has 4 rings (SSSR count). The lowest BCUT2D eigenvalue weighted by Gasteiger charge is -2.33. The fourth-order valence-electron chi connectivity index (χ4n) is 3.89. The summed E-state index contributed by atoms with van der Waals surface area (Å²) in [5.41, 5.74) is 4.75. The number of pyridine rings is 1. The van der Waals surface area contributed by atoms with E-state index in [4.69, 9.17) is 0 Å². The van der Waals surface area contributed by atoms with Crippen LogP contribution in [0.15, 0.2) is 54.7 Å². The van der Waals surface area contributed by atoms with E-state index in [9.17, 15) is 4.39 Å². The maximum Gasteiger partial charge on any atom is 0.132 e. The van der Waals surface area contributed by atoms with Crippen LogP contribution in [0.25, 0.3) is 10.9 Å². The first kappa shape index (κ1) is 15.3. The van der Waals surface area contributed by atoms with Gasteiger partial charge >= 0.3 is 0 Å². The summed E-state index contributed by atoms with van der Waals surface area (Å²) in [5, 5.41) is 0.604. The van der Waals surface area contributed by atoms with E-state index in [1.807, 2.05) is 6.07 Å². The van der Waals surface area contributed by atoms with Gasteiger partial charge in [-0.15, -0.1) is 0 Å². The number of aromatic nitrogens is 1. The number of rotatable bonds is 3. The lowest BCUT2D eigenvalue weighted by atomic mass is 9.87. The zero-order valence-corrected chi connectivity index (χ0v) is 13.9. The van der Waals surface area contributed by atoms with Crippen LogP contribution in [0, 0.1) is 5.82 Å². The first-order chi connectivity index (χ1) is 11.7. The predicted molar refractivity (Wildman–Crippen MR) is 95.3 cm³/mol. The summed E-state index contributed by atoms with van der Waals surface area (Å²) in [6, 6.07) is 16.2. The van der Waals surface area contributed by atoms with Crippen LogP contribution in [-0.2, 0) is 13.0 Å². The Morgan fingerprint density at radius 3 is 2.92 bits per heavy atom. The average Bonchev–Trinajstić information content (AvgIpc) is 2.64. The highest BCUT2D eigenvalue weighted by Gasteiger charge is 2.24. The first-order valence-electron chi connectivity index (χ1n) is 8.54. The molecule has 1 aliphatic rings. The Morgan fingerprint density at radius 1 is 1.12 bits per heavy atom. The fraction of sp³-hybridized carbons (Fsp3) is 0.286. The minimum atomic E-state index is -0.201.